The van der Waals surface area contributed by atoms with E-state index in [9.17, 15) is 0 Å². The van der Waals surface area contributed by atoms with Crippen molar-refractivity contribution >= 4 is 5.82 Å². The van der Waals surface area contributed by atoms with E-state index in [2.05, 4.69) is 36.4 Å². The highest BCUT2D eigenvalue weighted by atomic mass is 15.2. The van der Waals surface area contributed by atoms with Gasteiger partial charge in [0.2, 0.25) is 0 Å². The number of rotatable bonds is 4. The van der Waals surface area contributed by atoms with Crippen LogP contribution in [0.2, 0.25) is 0 Å². The number of aromatic nitrogens is 1. The third-order valence-electron chi connectivity index (χ3n) is 2.12. The summed E-state index contributed by atoms with van der Waals surface area (Å²) in [7, 11) is 0. The van der Waals surface area contributed by atoms with Gasteiger partial charge in [0.25, 0.3) is 0 Å². The summed E-state index contributed by atoms with van der Waals surface area (Å²) in [5.74, 6) is 0.879. The topological polar surface area (TPSA) is 39.9 Å². The van der Waals surface area contributed by atoms with Crippen LogP contribution < -0.4 is 4.90 Å². The van der Waals surface area contributed by atoms with Crippen molar-refractivity contribution in [3.8, 4) is 6.07 Å². The number of anilines is 1. The van der Waals surface area contributed by atoms with Crippen LogP contribution in [-0.2, 0) is 0 Å². The highest BCUT2D eigenvalue weighted by Gasteiger charge is 2.09. The van der Waals surface area contributed by atoms with Gasteiger partial charge in [0.05, 0.1) is 5.56 Å². The van der Waals surface area contributed by atoms with Gasteiger partial charge >= 0.3 is 0 Å². The van der Waals surface area contributed by atoms with Crippen LogP contribution in [0.4, 0.5) is 5.82 Å². The molecular formula is C12H15N3. The lowest BCUT2D eigenvalue weighted by molar-refractivity contribution is 0.712. The van der Waals surface area contributed by atoms with E-state index in [1.54, 1.807) is 12.3 Å². The summed E-state index contributed by atoms with van der Waals surface area (Å²) in [5, 5.41) is 8.66. The maximum atomic E-state index is 8.66. The molecule has 15 heavy (non-hydrogen) atoms. The van der Waals surface area contributed by atoms with Gasteiger partial charge in [0.1, 0.15) is 11.9 Å². The molecule has 0 radical (unpaired) electrons. The summed E-state index contributed by atoms with van der Waals surface area (Å²) >= 11 is 0. The number of hydrogen-bond donors (Lipinski definition) is 0. The minimum atomic E-state index is 0.364. The Hall–Kier alpha value is -1.82. The van der Waals surface area contributed by atoms with Crippen molar-refractivity contribution in [2.24, 2.45) is 0 Å². The van der Waals surface area contributed by atoms with Crippen LogP contribution in [0, 0.1) is 11.3 Å². The highest BCUT2D eigenvalue weighted by molar-refractivity contribution is 5.43. The maximum Gasteiger partial charge on any atom is 0.129 e. The van der Waals surface area contributed by atoms with Crippen LogP contribution in [0.25, 0.3) is 0 Å². The molecule has 0 aliphatic rings. The summed E-state index contributed by atoms with van der Waals surface area (Å²) in [5.41, 5.74) is 0.584. The Kier molecular flexibility index (Phi) is 3.87. The Labute approximate surface area is 90.7 Å². The first-order valence-electron chi connectivity index (χ1n) is 4.92. The Balaban J connectivity index is 2.92. The normalized spacial score (nSPS) is 9.73. The van der Waals surface area contributed by atoms with E-state index in [0.717, 1.165) is 12.4 Å². The van der Waals surface area contributed by atoms with Gasteiger partial charge in [0, 0.05) is 18.8 Å². The third-order valence-corrected chi connectivity index (χ3v) is 2.12. The zero-order valence-corrected chi connectivity index (χ0v) is 9.14. The molecule has 0 spiro atoms. The molecule has 0 aliphatic heterocycles. The Bertz CT molecular complexity index is 359. The Morgan fingerprint density at radius 1 is 1.60 bits per heavy atom. The van der Waals surface area contributed by atoms with Crippen LogP contribution >= 0.6 is 0 Å². The van der Waals surface area contributed by atoms with Crippen LogP contribution in [0.1, 0.15) is 19.4 Å². The lowest BCUT2D eigenvalue weighted by Gasteiger charge is -2.26. The SMILES string of the molecule is C=CCN(c1ccc(C#N)cn1)C(C)C. The predicted octanol–water partition coefficient (Wildman–Crippen LogP) is 2.35. The fourth-order valence-corrected chi connectivity index (χ4v) is 1.33. The Morgan fingerprint density at radius 3 is 2.73 bits per heavy atom. The van der Waals surface area contributed by atoms with E-state index in [4.69, 9.17) is 5.26 Å². The van der Waals surface area contributed by atoms with Gasteiger partial charge in [-0.3, -0.25) is 0 Å². The largest absolute Gasteiger partial charge is 0.350 e. The summed E-state index contributed by atoms with van der Waals surface area (Å²) in [6, 6.07) is 6.06. The van der Waals surface area contributed by atoms with Crippen molar-refractivity contribution in [2.75, 3.05) is 11.4 Å². The second-order valence-electron chi connectivity index (χ2n) is 3.55. The molecule has 0 bridgehead atoms. The van der Waals surface area contributed by atoms with Gasteiger partial charge in [0.15, 0.2) is 0 Å². The Morgan fingerprint density at radius 2 is 2.33 bits per heavy atom. The van der Waals surface area contributed by atoms with Gasteiger partial charge in [-0.15, -0.1) is 6.58 Å². The molecule has 0 aromatic carbocycles. The van der Waals surface area contributed by atoms with Crippen LogP contribution in [0.3, 0.4) is 0 Å². The molecule has 0 N–H and O–H groups in total. The molecule has 0 fully saturated rings. The first kappa shape index (κ1) is 11.3. The predicted molar refractivity (Wildman–Crippen MR) is 61.6 cm³/mol. The fourth-order valence-electron chi connectivity index (χ4n) is 1.33. The van der Waals surface area contributed by atoms with Gasteiger partial charge < -0.3 is 4.90 Å². The molecule has 0 unspecified atom stereocenters. The standard InChI is InChI=1S/C12H15N3/c1-4-7-15(10(2)3)12-6-5-11(8-13)9-14-12/h4-6,9-10H,1,7H2,2-3H3. The summed E-state index contributed by atoms with van der Waals surface area (Å²) in [6.07, 6.45) is 3.44. The molecule has 1 aromatic rings. The molecule has 3 nitrogen and oxygen atoms in total. The number of nitriles is 1. The van der Waals surface area contributed by atoms with Gasteiger partial charge in [-0.1, -0.05) is 6.08 Å². The fraction of sp³-hybridized carbons (Fsp3) is 0.333. The smallest absolute Gasteiger partial charge is 0.129 e. The van der Waals surface area contributed by atoms with E-state index in [1.165, 1.54) is 0 Å². The van der Waals surface area contributed by atoms with Crippen molar-refractivity contribution in [1.82, 2.24) is 4.98 Å². The average molecular weight is 201 g/mol. The zero-order chi connectivity index (χ0) is 11.3. The molecule has 0 aliphatic carbocycles. The zero-order valence-electron chi connectivity index (χ0n) is 9.14. The minimum Gasteiger partial charge on any atom is -0.350 e. The molecule has 1 rings (SSSR count). The molecule has 0 saturated heterocycles. The second kappa shape index (κ2) is 5.16. The molecule has 1 aromatic heterocycles. The summed E-state index contributed by atoms with van der Waals surface area (Å²) in [4.78, 5) is 6.36. The van der Waals surface area contributed by atoms with E-state index in [0.29, 0.717) is 11.6 Å². The first-order chi connectivity index (χ1) is 7.19. The monoisotopic (exact) mass is 201 g/mol. The molecule has 0 amide bonds. The second-order valence-corrected chi connectivity index (χ2v) is 3.55. The summed E-state index contributed by atoms with van der Waals surface area (Å²) < 4.78 is 0. The molecule has 0 atom stereocenters. The minimum absolute atomic E-state index is 0.364. The lowest BCUT2D eigenvalue weighted by atomic mass is 10.2. The molecule has 1 heterocycles. The molecule has 0 saturated carbocycles. The first-order valence-corrected chi connectivity index (χ1v) is 4.92. The van der Waals surface area contributed by atoms with E-state index >= 15 is 0 Å². The molecular weight excluding hydrogens is 186 g/mol. The number of nitrogens with zero attached hydrogens (tertiary/aromatic N) is 3. The van der Waals surface area contributed by atoms with Crippen LogP contribution in [-0.4, -0.2) is 17.6 Å². The third kappa shape index (κ3) is 2.81. The quantitative estimate of drug-likeness (QED) is 0.702. The van der Waals surface area contributed by atoms with Crippen molar-refractivity contribution in [3.63, 3.8) is 0 Å². The van der Waals surface area contributed by atoms with E-state index in [1.807, 2.05) is 12.1 Å². The summed E-state index contributed by atoms with van der Waals surface area (Å²) in [6.45, 7) is 8.68. The molecule has 3 heteroatoms. The van der Waals surface area contributed by atoms with E-state index in [-0.39, 0.29) is 0 Å². The van der Waals surface area contributed by atoms with Crippen molar-refractivity contribution in [2.45, 2.75) is 19.9 Å². The number of pyridine rings is 1. The van der Waals surface area contributed by atoms with Gasteiger partial charge in [-0.05, 0) is 26.0 Å². The van der Waals surface area contributed by atoms with Crippen molar-refractivity contribution < 1.29 is 0 Å². The lowest BCUT2D eigenvalue weighted by Crippen LogP contribution is -2.31. The van der Waals surface area contributed by atoms with Crippen molar-refractivity contribution in [3.05, 3.63) is 36.5 Å². The molecule has 78 valence electrons. The van der Waals surface area contributed by atoms with Crippen LogP contribution in [0.5, 0.6) is 0 Å². The average Bonchev–Trinajstić information content (AvgIpc) is 2.26. The highest BCUT2D eigenvalue weighted by Crippen LogP contribution is 2.13. The van der Waals surface area contributed by atoms with Crippen molar-refractivity contribution in [1.29, 1.82) is 5.26 Å². The maximum absolute atomic E-state index is 8.66. The van der Waals surface area contributed by atoms with Gasteiger partial charge in [-0.2, -0.15) is 5.26 Å². The van der Waals surface area contributed by atoms with Crippen LogP contribution in [0.15, 0.2) is 31.0 Å². The van der Waals surface area contributed by atoms with E-state index < -0.39 is 0 Å². The van der Waals surface area contributed by atoms with Gasteiger partial charge in [-0.25, -0.2) is 4.98 Å². The number of hydrogen-bond acceptors (Lipinski definition) is 3.